The van der Waals surface area contributed by atoms with Gasteiger partial charge in [-0.2, -0.15) is 0 Å². The van der Waals surface area contributed by atoms with Crippen molar-refractivity contribution in [2.24, 2.45) is 12.8 Å². The second-order valence-electron chi connectivity index (χ2n) is 6.95. The number of carbonyl (C=O) groups excluding carboxylic acids is 4. The molecular formula is C21H27FN4O5. The van der Waals surface area contributed by atoms with Crippen LogP contribution in [0.3, 0.4) is 0 Å². The van der Waals surface area contributed by atoms with Gasteiger partial charge in [0.25, 0.3) is 17.6 Å². The summed E-state index contributed by atoms with van der Waals surface area (Å²) >= 11 is 0. The smallest absolute Gasteiger partial charge is 0.294 e. The van der Waals surface area contributed by atoms with E-state index >= 15 is 0 Å². The summed E-state index contributed by atoms with van der Waals surface area (Å²) in [5, 5.41) is 13.8. The van der Waals surface area contributed by atoms with Crippen molar-refractivity contribution in [3.63, 3.8) is 0 Å². The van der Waals surface area contributed by atoms with Crippen LogP contribution in [0.25, 0.3) is 0 Å². The molecule has 1 aromatic rings. The lowest BCUT2D eigenvalue weighted by Gasteiger charge is -2.12. The van der Waals surface area contributed by atoms with E-state index in [-0.39, 0.29) is 22.4 Å². The fourth-order valence-corrected chi connectivity index (χ4v) is 3.00. The van der Waals surface area contributed by atoms with Crippen molar-refractivity contribution >= 4 is 23.5 Å². The van der Waals surface area contributed by atoms with Crippen LogP contribution in [0.15, 0.2) is 35.8 Å². The third kappa shape index (κ3) is 5.76. The van der Waals surface area contributed by atoms with Crippen LogP contribution in [0.1, 0.15) is 46.0 Å². The minimum atomic E-state index is -1.42. The number of nitrogens with zero attached hydrogens (tertiary/aromatic N) is 1. The predicted octanol–water partition coefficient (Wildman–Crippen LogP) is 0.850. The molecule has 0 aromatic carbocycles. The maximum Gasteiger partial charge on any atom is 0.294 e. The lowest BCUT2D eigenvalue weighted by Crippen LogP contribution is -2.49. The van der Waals surface area contributed by atoms with Gasteiger partial charge in [-0.3, -0.25) is 19.2 Å². The molecule has 0 fully saturated rings. The van der Waals surface area contributed by atoms with Gasteiger partial charge in [-0.05, 0) is 51.0 Å². The average Bonchev–Trinajstić information content (AvgIpc) is 2.92. The molecule has 1 atom stereocenters. The van der Waals surface area contributed by atoms with Crippen molar-refractivity contribution in [2.75, 3.05) is 6.61 Å². The highest BCUT2D eigenvalue weighted by molar-refractivity contribution is 6.43. The zero-order valence-electron chi connectivity index (χ0n) is 18.1. The number of ketones is 1. The van der Waals surface area contributed by atoms with Crippen LogP contribution in [0.5, 0.6) is 0 Å². The molecular weight excluding hydrogens is 407 g/mol. The van der Waals surface area contributed by atoms with Crippen LogP contribution in [0.4, 0.5) is 4.39 Å². The van der Waals surface area contributed by atoms with E-state index in [2.05, 4.69) is 17.2 Å². The Morgan fingerprint density at radius 2 is 1.84 bits per heavy atom. The van der Waals surface area contributed by atoms with Crippen molar-refractivity contribution in [1.29, 1.82) is 0 Å². The van der Waals surface area contributed by atoms with Crippen molar-refractivity contribution in [3.05, 3.63) is 58.3 Å². The topological polar surface area (TPSA) is 144 Å². The summed E-state index contributed by atoms with van der Waals surface area (Å²) in [6.07, 6.45) is 2.48. The van der Waals surface area contributed by atoms with Crippen LogP contribution < -0.4 is 16.4 Å². The molecule has 0 aliphatic carbocycles. The molecule has 0 aliphatic rings. The van der Waals surface area contributed by atoms with E-state index in [0.29, 0.717) is 11.4 Å². The number of nitrogens with two attached hydrogens (primary N) is 1. The van der Waals surface area contributed by atoms with Gasteiger partial charge in [-0.15, -0.1) is 0 Å². The quantitative estimate of drug-likeness (QED) is 0.259. The first-order valence-corrected chi connectivity index (χ1v) is 9.26. The van der Waals surface area contributed by atoms with Gasteiger partial charge < -0.3 is 26.0 Å². The molecule has 1 aromatic heterocycles. The molecule has 0 aliphatic heterocycles. The Labute approximate surface area is 179 Å². The highest BCUT2D eigenvalue weighted by Crippen LogP contribution is 2.22. The van der Waals surface area contributed by atoms with Crippen molar-refractivity contribution in [3.8, 4) is 0 Å². The summed E-state index contributed by atoms with van der Waals surface area (Å²) in [7, 11) is 1.51. The standard InChI is InChI=1S/C21H27FN4O5/c1-7-14(22)10(2)8-11(3)24-20(30)16-12(4)17(26(6)13(16)5)18(28)21(31)25-15(9-27)19(23)29/h7-8,15,27H,1,9H2,2-6H3,(H2,23,29)(H,24,30)(H,25,31)/b11-8+,14-10+/t15-/m0/s1. The maximum absolute atomic E-state index is 13.5. The zero-order chi connectivity index (χ0) is 24.0. The molecule has 31 heavy (non-hydrogen) atoms. The third-order valence-corrected chi connectivity index (χ3v) is 4.71. The fourth-order valence-electron chi connectivity index (χ4n) is 3.00. The van der Waals surface area contributed by atoms with Gasteiger partial charge >= 0.3 is 0 Å². The van der Waals surface area contributed by atoms with Crippen molar-refractivity contribution < 1.29 is 28.7 Å². The maximum atomic E-state index is 13.5. The summed E-state index contributed by atoms with van der Waals surface area (Å²) in [5.41, 5.74) is 6.46. The number of hydrogen-bond donors (Lipinski definition) is 4. The second-order valence-corrected chi connectivity index (χ2v) is 6.95. The monoisotopic (exact) mass is 434 g/mol. The Bertz CT molecular complexity index is 1000. The van der Waals surface area contributed by atoms with E-state index in [4.69, 9.17) is 10.8 Å². The Morgan fingerprint density at radius 3 is 2.32 bits per heavy atom. The number of hydrogen-bond acceptors (Lipinski definition) is 5. The minimum Gasteiger partial charge on any atom is -0.394 e. The van der Waals surface area contributed by atoms with Gasteiger partial charge in [-0.25, -0.2) is 4.39 Å². The molecule has 1 heterocycles. The van der Waals surface area contributed by atoms with Gasteiger partial charge in [0, 0.05) is 18.4 Å². The molecule has 0 radical (unpaired) electrons. The molecule has 0 unspecified atom stereocenters. The summed E-state index contributed by atoms with van der Waals surface area (Å²) in [5.74, 6) is -4.22. The third-order valence-electron chi connectivity index (χ3n) is 4.71. The first-order chi connectivity index (χ1) is 14.4. The molecule has 10 heteroatoms. The van der Waals surface area contributed by atoms with E-state index in [1.807, 2.05) is 0 Å². The number of nitrogens with one attached hydrogen (secondary N) is 2. The van der Waals surface area contributed by atoms with E-state index in [9.17, 15) is 23.6 Å². The number of aromatic nitrogens is 1. The highest BCUT2D eigenvalue weighted by Gasteiger charge is 2.30. The summed E-state index contributed by atoms with van der Waals surface area (Å²) < 4.78 is 14.9. The van der Waals surface area contributed by atoms with Gasteiger partial charge in [0.1, 0.15) is 11.9 Å². The summed E-state index contributed by atoms with van der Waals surface area (Å²) in [6, 6.07) is -1.42. The number of halogens is 1. The zero-order valence-corrected chi connectivity index (χ0v) is 18.1. The number of Topliss-reactive ketones (excluding diaryl/α,β-unsaturated/α-hetero) is 1. The number of allylic oxidation sites excluding steroid dienone is 5. The van der Waals surface area contributed by atoms with Gasteiger partial charge in [0.2, 0.25) is 5.91 Å². The molecule has 0 saturated carbocycles. The van der Waals surface area contributed by atoms with Gasteiger partial charge in [-0.1, -0.05) is 6.58 Å². The normalized spacial score (nSPS) is 13.2. The minimum absolute atomic E-state index is 0.0586. The molecule has 0 saturated heterocycles. The predicted molar refractivity (Wildman–Crippen MR) is 113 cm³/mol. The van der Waals surface area contributed by atoms with Gasteiger partial charge in [0.15, 0.2) is 0 Å². The molecule has 0 spiro atoms. The van der Waals surface area contributed by atoms with Crippen molar-refractivity contribution in [1.82, 2.24) is 15.2 Å². The number of amides is 3. The fraction of sp³-hybridized carbons (Fsp3) is 0.333. The molecule has 1 rings (SSSR count). The molecule has 0 bridgehead atoms. The van der Waals surface area contributed by atoms with E-state index in [1.165, 1.54) is 31.5 Å². The number of carbonyl (C=O) groups is 4. The highest BCUT2D eigenvalue weighted by atomic mass is 19.1. The lowest BCUT2D eigenvalue weighted by atomic mass is 10.1. The lowest BCUT2D eigenvalue weighted by molar-refractivity contribution is -0.126. The van der Waals surface area contributed by atoms with Crippen LogP contribution in [0, 0.1) is 13.8 Å². The summed E-state index contributed by atoms with van der Waals surface area (Å²) in [4.78, 5) is 48.9. The largest absolute Gasteiger partial charge is 0.394 e. The number of aliphatic hydroxyl groups excluding tert-OH is 1. The van der Waals surface area contributed by atoms with Gasteiger partial charge in [0.05, 0.1) is 17.9 Å². The average molecular weight is 434 g/mol. The Balaban J connectivity index is 3.25. The Hall–Kier alpha value is -3.53. The SMILES string of the molecule is C=C/C(F)=C(C)\C=C(/C)NC(=O)c1c(C)c(C(=O)C(=O)N[C@@H](CO)C(N)=O)n(C)c1C. The first kappa shape index (κ1) is 25.5. The first-order valence-electron chi connectivity index (χ1n) is 9.26. The van der Waals surface area contributed by atoms with Crippen LogP contribution in [-0.2, 0) is 16.6 Å². The molecule has 3 amide bonds. The summed E-state index contributed by atoms with van der Waals surface area (Å²) in [6.45, 7) is 8.77. The van der Waals surface area contributed by atoms with E-state index < -0.39 is 42.0 Å². The van der Waals surface area contributed by atoms with Crippen molar-refractivity contribution in [2.45, 2.75) is 33.7 Å². The molecule has 5 N–H and O–H groups in total. The number of rotatable bonds is 9. The molecule has 9 nitrogen and oxygen atoms in total. The second kappa shape index (κ2) is 10.5. The van der Waals surface area contributed by atoms with E-state index in [1.54, 1.807) is 13.8 Å². The molecule has 168 valence electrons. The van der Waals surface area contributed by atoms with Crippen LogP contribution in [0.2, 0.25) is 0 Å². The Morgan fingerprint density at radius 1 is 1.26 bits per heavy atom. The van der Waals surface area contributed by atoms with E-state index in [0.717, 1.165) is 6.08 Å². The Kier molecular flexibility index (Phi) is 8.63. The number of primary amides is 1. The van der Waals surface area contributed by atoms with Crippen LogP contribution >= 0.6 is 0 Å². The van der Waals surface area contributed by atoms with Crippen LogP contribution in [-0.4, -0.2) is 45.8 Å². The number of aliphatic hydroxyl groups is 1.